The van der Waals surface area contributed by atoms with Crippen LogP contribution in [0.3, 0.4) is 0 Å². The van der Waals surface area contributed by atoms with Gasteiger partial charge in [0.05, 0.1) is 7.11 Å². The average molecular weight is 280 g/mol. The first kappa shape index (κ1) is 14.5. The number of aromatic hydroxyl groups is 2. The number of amides is 1. The smallest absolute Gasteiger partial charge is 0.407 e. The molecule has 2 atom stereocenters. The Morgan fingerprint density at radius 3 is 2.65 bits per heavy atom. The van der Waals surface area contributed by atoms with Crippen LogP contribution in [0.2, 0.25) is 0 Å². The molecule has 110 valence electrons. The number of phenolic OH excluding ortho intramolecular Hbond substituents is 2. The molecule has 1 aromatic carbocycles. The van der Waals surface area contributed by atoms with Crippen molar-refractivity contribution >= 4 is 6.09 Å². The van der Waals surface area contributed by atoms with E-state index in [1.807, 2.05) is 6.92 Å². The van der Waals surface area contributed by atoms with E-state index in [0.29, 0.717) is 6.54 Å². The molecule has 6 heteroatoms. The van der Waals surface area contributed by atoms with Crippen LogP contribution in [-0.4, -0.2) is 47.4 Å². The van der Waals surface area contributed by atoms with Crippen LogP contribution in [0, 0.1) is 0 Å². The minimum Gasteiger partial charge on any atom is -0.508 e. The summed E-state index contributed by atoms with van der Waals surface area (Å²) in [5.41, 5.74) is 0.848. The van der Waals surface area contributed by atoms with Crippen molar-refractivity contribution in [3.63, 3.8) is 0 Å². The number of hydrogen-bond acceptors (Lipinski definition) is 5. The molecule has 20 heavy (non-hydrogen) atoms. The minimum absolute atomic E-state index is 0.0512. The van der Waals surface area contributed by atoms with Crippen LogP contribution in [0.1, 0.15) is 24.9 Å². The van der Waals surface area contributed by atoms with Crippen LogP contribution >= 0.6 is 0 Å². The molecule has 6 nitrogen and oxygen atoms in total. The van der Waals surface area contributed by atoms with Gasteiger partial charge in [0.1, 0.15) is 11.5 Å². The van der Waals surface area contributed by atoms with Crippen LogP contribution in [0.15, 0.2) is 18.2 Å². The van der Waals surface area contributed by atoms with Gasteiger partial charge in [-0.3, -0.25) is 4.90 Å². The molecule has 2 unspecified atom stereocenters. The van der Waals surface area contributed by atoms with Gasteiger partial charge < -0.3 is 20.3 Å². The van der Waals surface area contributed by atoms with Gasteiger partial charge in [-0.2, -0.15) is 0 Å². The summed E-state index contributed by atoms with van der Waals surface area (Å²) in [4.78, 5) is 13.4. The zero-order valence-corrected chi connectivity index (χ0v) is 11.7. The van der Waals surface area contributed by atoms with E-state index < -0.39 is 6.09 Å². The van der Waals surface area contributed by atoms with Crippen LogP contribution < -0.4 is 5.32 Å². The Kier molecular flexibility index (Phi) is 4.34. The normalized spacial score (nSPS) is 20.6. The first-order chi connectivity index (χ1) is 9.49. The third-order valence-electron chi connectivity index (χ3n) is 3.68. The number of benzene rings is 1. The first-order valence-corrected chi connectivity index (χ1v) is 6.61. The van der Waals surface area contributed by atoms with Crippen molar-refractivity contribution < 1.29 is 19.7 Å². The number of likely N-dealkylation sites (tertiary alicyclic amines) is 1. The lowest BCUT2D eigenvalue weighted by Crippen LogP contribution is -2.37. The van der Waals surface area contributed by atoms with Gasteiger partial charge in [-0.1, -0.05) is 0 Å². The van der Waals surface area contributed by atoms with Gasteiger partial charge in [-0.25, -0.2) is 4.79 Å². The summed E-state index contributed by atoms with van der Waals surface area (Å²) < 4.78 is 4.59. The summed E-state index contributed by atoms with van der Waals surface area (Å²) in [6, 6.07) is 4.71. The molecule has 3 N–H and O–H groups in total. The Balaban J connectivity index is 2.00. The Bertz CT molecular complexity index is 472. The van der Waals surface area contributed by atoms with Crippen LogP contribution in [-0.2, 0) is 4.74 Å². The Hall–Kier alpha value is -1.95. The van der Waals surface area contributed by atoms with Crippen LogP contribution in [0.5, 0.6) is 11.5 Å². The fourth-order valence-electron chi connectivity index (χ4n) is 2.55. The molecule has 2 rings (SSSR count). The third-order valence-corrected chi connectivity index (χ3v) is 3.68. The van der Waals surface area contributed by atoms with Crippen molar-refractivity contribution in [1.29, 1.82) is 0 Å². The first-order valence-electron chi connectivity index (χ1n) is 6.61. The minimum atomic E-state index is -0.417. The highest BCUT2D eigenvalue weighted by atomic mass is 16.5. The largest absolute Gasteiger partial charge is 0.508 e. The topological polar surface area (TPSA) is 82.0 Å². The molecular weight excluding hydrogens is 260 g/mol. The standard InChI is InChI=1S/C14H20N2O4/c1-9(10-5-12(17)7-13(18)6-10)16-4-3-11(8-16)15-14(19)20-2/h5-7,9,11,17-18H,3-4,8H2,1-2H3,(H,15,19). The molecule has 1 heterocycles. The molecular formula is C14H20N2O4. The van der Waals surface area contributed by atoms with Gasteiger partial charge in [-0.15, -0.1) is 0 Å². The van der Waals surface area contributed by atoms with Gasteiger partial charge in [0, 0.05) is 31.2 Å². The number of carbonyl (C=O) groups excluding carboxylic acids is 1. The number of nitrogens with one attached hydrogen (secondary N) is 1. The van der Waals surface area contributed by atoms with E-state index in [-0.39, 0.29) is 23.6 Å². The van der Waals surface area contributed by atoms with E-state index in [1.165, 1.54) is 13.2 Å². The highest BCUT2D eigenvalue weighted by Crippen LogP contribution is 2.30. The summed E-state index contributed by atoms with van der Waals surface area (Å²) in [6.45, 7) is 3.56. The fourth-order valence-corrected chi connectivity index (χ4v) is 2.55. The summed E-state index contributed by atoms with van der Waals surface area (Å²) in [6.07, 6.45) is 0.434. The Labute approximate surface area is 118 Å². The van der Waals surface area contributed by atoms with E-state index in [0.717, 1.165) is 18.5 Å². The van der Waals surface area contributed by atoms with Crippen LogP contribution in [0.25, 0.3) is 0 Å². The van der Waals surface area contributed by atoms with E-state index in [1.54, 1.807) is 12.1 Å². The second-order valence-electron chi connectivity index (χ2n) is 5.08. The number of carbonyl (C=O) groups is 1. The van der Waals surface area contributed by atoms with Crippen molar-refractivity contribution in [3.8, 4) is 11.5 Å². The molecule has 1 amide bonds. The molecule has 0 spiro atoms. The zero-order chi connectivity index (χ0) is 14.7. The zero-order valence-electron chi connectivity index (χ0n) is 11.7. The molecule has 0 radical (unpaired) electrons. The lowest BCUT2D eigenvalue weighted by atomic mass is 10.1. The number of hydrogen-bond donors (Lipinski definition) is 3. The highest BCUT2D eigenvalue weighted by molar-refractivity contribution is 5.67. The SMILES string of the molecule is COC(=O)NC1CCN(C(C)c2cc(O)cc(O)c2)C1. The molecule has 0 aromatic heterocycles. The summed E-state index contributed by atoms with van der Waals surface area (Å²) in [5, 5.41) is 21.9. The van der Waals surface area contributed by atoms with Crippen molar-refractivity contribution in [2.75, 3.05) is 20.2 Å². The van der Waals surface area contributed by atoms with Gasteiger partial charge in [0.15, 0.2) is 0 Å². The van der Waals surface area contributed by atoms with Crippen molar-refractivity contribution in [3.05, 3.63) is 23.8 Å². The summed E-state index contributed by atoms with van der Waals surface area (Å²) in [5.74, 6) is 0.102. The predicted octanol–water partition coefficient (Wildman–Crippen LogP) is 1.59. The van der Waals surface area contributed by atoms with Gasteiger partial charge >= 0.3 is 6.09 Å². The quantitative estimate of drug-likeness (QED) is 0.783. The number of methoxy groups -OCH3 is 1. The molecule has 1 aliphatic rings. The van der Waals surface area contributed by atoms with E-state index in [4.69, 9.17) is 0 Å². The predicted molar refractivity (Wildman–Crippen MR) is 73.7 cm³/mol. The van der Waals surface area contributed by atoms with Crippen LogP contribution in [0.4, 0.5) is 4.79 Å². The maximum atomic E-state index is 11.2. The highest BCUT2D eigenvalue weighted by Gasteiger charge is 2.28. The number of nitrogens with zero attached hydrogens (tertiary/aromatic N) is 1. The number of alkyl carbamates (subject to hydrolysis) is 1. The molecule has 0 saturated carbocycles. The summed E-state index contributed by atoms with van der Waals surface area (Å²) >= 11 is 0. The number of phenols is 2. The van der Waals surface area contributed by atoms with Crippen molar-refractivity contribution in [2.45, 2.75) is 25.4 Å². The Morgan fingerprint density at radius 2 is 2.05 bits per heavy atom. The molecule has 1 aliphatic heterocycles. The monoisotopic (exact) mass is 280 g/mol. The Morgan fingerprint density at radius 1 is 1.40 bits per heavy atom. The lowest BCUT2D eigenvalue weighted by molar-refractivity contribution is 0.165. The molecule has 1 saturated heterocycles. The molecule has 0 aliphatic carbocycles. The maximum absolute atomic E-state index is 11.2. The molecule has 1 aromatic rings. The second kappa shape index (κ2) is 6.00. The van der Waals surface area contributed by atoms with Gasteiger partial charge in [0.25, 0.3) is 0 Å². The molecule has 1 fully saturated rings. The average Bonchev–Trinajstić information content (AvgIpc) is 2.85. The van der Waals surface area contributed by atoms with Gasteiger partial charge in [-0.05, 0) is 31.0 Å². The van der Waals surface area contributed by atoms with E-state index in [2.05, 4.69) is 15.0 Å². The summed E-state index contributed by atoms with van der Waals surface area (Å²) in [7, 11) is 1.35. The van der Waals surface area contributed by atoms with E-state index in [9.17, 15) is 15.0 Å². The van der Waals surface area contributed by atoms with Crippen molar-refractivity contribution in [2.24, 2.45) is 0 Å². The second-order valence-corrected chi connectivity index (χ2v) is 5.08. The number of rotatable bonds is 3. The molecule has 0 bridgehead atoms. The lowest BCUT2D eigenvalue weighted by Gasteiger charge is -2.25. The van der Waals surface area contributed by atoms with Gasteiger partial charge in [0.2, 0.25) is 0 Å². The third kappa shape index (κ3) is 3.33. The fraction of sp³-hybridized carbons (Fsp3) is 0.500. The van der Waals surface area contributed by atoms with Crippen molar-refractivity contribution in [1.82, 2.24) is 10.2 Å². The van der Waals surface area contributed by atoms with E-state index >= 15 is 0 Å². The number of ether oxygens (including phenoxy) is 1. The maximum Gasteiger partial charge on any atom is 0.407 e.